The zero-order valence-corrected chi connectivity index (χ0v) is 24.7. The maximum Gasteiger partial charge on any atom is 0.576 e. The van der Waals surface area contributed by atoms with Crippen molar-refractivity contribution in [3.63, 3.8) is 0 Å². The summed E-state index contributed by atoms with van der Waals surface area (Å²) in [6, 6.07) is 15.3. The van der Waals surface area contributed by atoms with E-state index < -0.39 is 58.0 Å². The van der Waals surface area contributed by atoms with E-state index in [9.17, 15) is 61.9 Å². The molecule has 0 atom stereocenters. The zero-order chi connectivity index (χ0) is 36.2. The van der Waals surface area contributed by atoms with Gasteiger partial charge in [-0.15, -0.1) is 0 Å². The molecule has 3 rings (SSSR count). The molecular weight excluding hydrogens is 697 g/mol. The van der Waals surface area contributed by atoms with Crippen LogP contribution in [0, 0.1) is 20.8 Å². The van der Waals surface area contributed by atoms with Gasteiger partial charge in [-0.1, -0.05) is 53.1 Å². The highest BCUT2D eigenvalue weighted by Crippen LogP contribution is 2.70. The van der Waals surface area contributed by atoms with Crippen LogP contribution in [-0.2, 0) is 4.18 Å². The summed E-state index contributed by atoms with van der Waals surface area (Å²) in [6.07, 6.45) is -7.73. The molecule has 260 valence electrons. The average molecular weight is 720 g/mol. The second-order valence-corrected chi connectivity index (χ2v) is 13.0. The molecule has 0 radical (unpaired) electrons. The lowest BCUT2D eigenvalue weighted by Crippen LogP contribution is -2.73. The summed E-state index contributed by atoms with van der Waals surface area (Å²) in [4.78, 5) is 9.71. The van der Waals surface area contributed by atoms with Gasteiger partial charge in [0, 0.05) is 0 Å². The molecule has 0 unspecified atom stereocenters. The van der Waals surface area contributed by atoms with Crippen LogP contribution in [0.4, 0.5) is 65.9 Å². The van der Waals surface area contributed by atoms with Gasteiger partial charge in [0.15, 0.2) is 0 Å². The van der Waals surface area contributed by atoms with E-state index in [2.05, 4.69) is 0 Å². The molecule has 0 aliphatic heterocycles. The number of carbonyl (C=O) groups excluding carboxylic acids is 1. The summed E-state index contributed by atoms with van der Waals surface area (Å²) in [6.45, 7) is 4.66. The quantitative estimate of drug-likeness (QED) is 0.152. The fraction of sp³-hybridized carbons (Fsp3) is 0.345. The number of aryl methyl sites for hydroxylation is 3. The third kappa shape index (κ3) is 5.79. The monoisotopic (exact) mass is 719 g/mol. The molecule has 0 amide bonds. The summed E-state index contributed by atoms with van der Waals surface area (Å²) in [5.41, 5.74) is 1.58. The van der Waals surface area contributed by atoms with E-state index in [1.807, 2.05) is 0 Å². The maximum absolute atomic E-state index is 15.2. The van der Waals surface area contributed by atoms with Gasteiger partial charge in [-0.25, -0.2) is 4.18 Å². The van der Waals surface area contributed by atoms with Crippen molar-refractivity contribution in [3.05, 3.63) is 89.5 Å². The Morgan fingerprint density at radius 2 is 0.702 bits per heavy atom. The van der Waals surface area contributed by atoms with E-state index >= 15 is 8.78 Å². The molecule has 0 spiro atoms. The number of hydrogen-bond donors (Lipinski definition) is 0. The molecule has 0 bridgehead atoms. The van der Waals surface area contributed by atoms with E-state index in [-0.39, 0.29) is 14.7 Å². The first-order valence-electron chi connectivity index (χ1n) is 12.8. The van der Waals surface area contributed by atoms with Crippen molar-refractivity contribution in [3.8, 4) is 0 Å². The Morgan fingerprint density at radius 3 is 0.979 bits per heavy atom. The standard InChI is InChI=1S/C29H21F15O2S/c1-16-4-10-19(11-5-16)47(20-12-6-17(2)7-13-20,21-14-8-18(3)9-15-21)46-22(45)23(30,31)24(32,33)25(34,35)26(36,37)27(38,39)28(40,41)29(42,43)44/h4-15H,1-3H3/p+1. The zero-order valence-electron chi connectivity index (χ0n) is 23.9. The fourth-order valence-electron chi connectivity index (χ4n) is 4.01. The van der Waals surface area contributed by atoms with Gasteiger partial charge in [0.2, 0.25) is 0 Å². The predicted octanol–water partition coefficient (Wildman–Crippen LogP) is 10.7. The number of rotatable bonds is 10. The predicted molar refractivity (Wildman–Crippen MR) is 140 cm³/mol. The molecular formula is C29H22F15O2S+. The van der Waals surface area contributed by atoms with Crippen LogP contribution in [0.1, 0.15) is 16.7 Å². The van der Waals surface area contributed by atoms with Crippen molar-refractivity contribution >= 4 is 16.3 Å². The molecule has 47 heavy (non-hydrogen) atoms. The van der Waals surface area contributed by atoms with Gasteiger partial charge in [-0.3, -0.25) is 0 Å². The fourth-order valence-corrected chi connectivity index (χ4v) is 7.02. The first-order chi connectivity index (χ1) is 21.1. The Balaban J connectivity index is 2.28. The average Bonchev–Trinajstić information content (AvgIpc) is 2.96. The lowest BCUT2D eigenvalue weighted by molar-refractivity contribution is -0.449. The molecule has 18 heteroatoms. The minimum Gasteiger partial charge on any atom is -0.333 e. The topological polar surface area (TPSA) is 30.6 Å². The van der Waals surface area contributed by atoms with E-state index in [0.29, 0.717) is 16.7 Å². The first kappa shape index (κ1) is 37.9. The Hall–Kier alpha value is -3.57. The molecule has 0 saturated heterocycles. The summed E-state index contributed by atoms with van der Waals surface area (Å²) >= 11 is 0. The SMILES string of the molecule is Cc1ccc(S(OC(=[OH+])C(F)(F)C(F)(F)C(F)(F)C(F)(F)C(F)(F)C(F)(F)C(F)(F)F)(c2ccc(C)cc2)c2ccc(C)cc2)cc1. The lowest BCUT2D eigenvalue weighted by atomic mass is 9.91. The Bertz CT molecular complexity index is 1470. The van der Waals surface area contributed by atoms with Gasteiger partial charge in [0.25, 0.3) is 0 Å². The van der Waals surface area contributed by atoms with Crippen LogP contribution in [-0.4, -0.2) is 52.5 Å². The lowest BCUT2D eigenvalue weighted by Gasteiger charge is -2.40. The van der Waals surface area contributed by atoms with Gasteiger partial charge in [-0.2, -0.15) is 65.9 Å². The number of alkyl halides is 15. The highest BCUT2D eigenvalue weighted by atomic mass is 32.3. The molecule has 2 nitrogen and oxygen atoms in total. The van der Waals surface area contributed by atoms with E-state index in [1.165, 1.54) is 72.8 Å². The van der Waals surface area contributed by atoms with Gasteiger partial charge in [-0.05, 0) is 57.2 Å². The van der Waals surface area contributed by atoms with Crippen LogP contribution in [0.2, 0.25) is 0 Å². The maximum atomic E-state index is 15.2. The van der Waals surface area contributed by atoms with Crippen molar-refractivity contribution in [1.82, 2.24) is 0 Å². The second-order valence-electron chi connectivity index (χ2n) is 10.3. The minimum absolute atomic E-state index is 0.199. The molecule has 0 saturated carbocycles. The molecule has 3 aromatic rings. The van der Waals surface area contributed by atoms with Crippen molar-refractivity contribution in [1.29, 1.82) is 0 Å². The first-order valence-corrected chi connectivity index (χ1v) is 14.3. The van der Waals surface area contributed by atoms with Crippen LogP contribution in [0.5, 0.6) is 0 Å². The number of halogens is 15. The molecule has 0 aromatic heterocycles. The molecule has 1 N–H and O–H groups in total. The molecule has 0 aliphatic carbocycles. The summed E-state index contributed by atoms with van der Waals surface area (Å²) < 4.78 is 213. The van der Waals surface area contributed by atoms with Gasteiger partial charge >= 0.3 is 47.7 Å². The van der Waals surface area contributed by atoms with Gasteiger partial charge < -0.3 is 4.79 Å². The van der Waals surface area contributed by atoms with Crippen LogP contribution >= 0.6 is 10.3 Å². The third-order valence-electron chi connectivity index (χ3n) is 6.86. The molecule has 3 aromatic carbocycles. The Labute approximate surface area is 258 Å². The highest BCUT2D eigenvalue weighted by Gasteiger charge is 2.95. The number of benzene rings is 3. The van der Waals surface area contributed by atoms with Crippen LogP contribution in [0.15, 0.2) is 87.5 Å². The van der Waals surface area contributed by atoms with Crippen molar-refractivity contribution in [2.24, 2.45) is 0 Å². The normalized spacial score (nSPS) is 14.6. The second kappa shape index (κ2) is 11.8. The van der Waals surface area contributed by atoms with E-state index in [0.717, 1.165) is 0 Å². The molecule has 0 heterocycles. The van der Waals surface area contributed by atoms with Gasteiger partial charge in [0.05, 0.1) is 25.0 Å². The van der Waals surface area contributed by atoms with Crippen LogP contribution in [0.25, 0.3) is 0 Å². The Morgan fingerprint density at radius 1 is 0.447 bits per heavy atom. The largest absolute Gasteiger partial charge is 0.576 e. The third-order valence-corrected chi connectivity index (χ3v) is 10.1. The summed E-state index contributed by atoms with van der Waals surface area (Å²) in [5.74, 6) is -52.1. The summed E-state index contributed by atoms with van der Waals surface area (Å²) in [7, 11) is -4.03. The van der Waals surface area contributed by atoms with Crippen LogP contribution < -0.4 is 0 Å². The molecule has 0 aliphatic rings. The van der Waals surface area contributed by atoms with E-state index in [1.54, 1.807) is 20.8 Å². The molecule has 0 fully saturated rings. The summed E-state index contributed by atoms with van der Waals surface area (Å²) in [5, 5.41) is 0. The smallest absolute Gasteiger partial charge is 0.333 e. The van der Waals surface area contributed by atoms with E-state index in [4.69, 9.17) is 4.18 Å². The van der Waals surface area contributed by atoms with Crippen LogP contribution in [0.3, 0.4) is 0 Å². The van der Waals surface area contributed by atoms with Gasteiger partial charge in [0.1, 0.15) is 0 Å². The number of hydrogen-bond acceptors (Lipinski definition) is 1. The van der Waals surface area contributed by atoms with Crippen molar-refractivity contribution < 1.29 is 74.8 Å². The minimum atomic E-state index is -8.51. The van der Waals surface area contributed by atoms with Crippen molar-refractivity contribution in [2.45, 2.75) is 77.2 Å². The highest BCUT2D eigenvalue weighted by molar-refractivity contribution is 8.30. The Kier molecular flexibility index (Phi) is 9.54. The van der Waals surface area contributed by atoms with Crippen molar-refractivity contribution in [2.75, 3.05) is 0 Å².